The molecule has 0 saturated heterocycles. The van der Waals surface area contributed by atoms with Gasteiger partial charge in [-0.05, 0) is 24.0 Å². The standard InChI is InChI=1S/C12H14F3NO/c1-9(6-7-16-8-17)10-4-2-3-5-11(10)12(13,14)15/h2-5,8-9H,6-7H2,1H3,(H,16,17)/t9-/m0/s1. The van der Waals surface area contributed by atoms with Gasteiger partial charge >= 0.3 is 6.18 Å². The summed E-state index contributed by atoms with van der Waals surface area (Å²) in [6.07, 6.45) is -3.31. The van der Waals surface area contributed by atoms with E-state index in [4.69, 9.17) is 0 Å². The Bertz CT molecular complexity index is 376. The van der Waals surface area contributed by atoms with Crippen LogP contribution in [0.25, 0.3) is 0 Å². The molecule has 5 heteroatoms. The minimum atomic E-state index is -4.33. The Kier molecular flexibility index (Phi) is 4.54. The number of hydrogen-bond donors (Lipinski definition) is 1. The first kappa shape index (κ1) is 13.5. The molecule has 1 rings (SSSR count). The SMILES string of the molecule is C[C@@H](CCNC=O)c1ccccc1C(F)(F)F. The smallest absolute Gasteiger partial charge is 0.359 e. The van der Waals surface area contributed by atoms with E-state index in [-0.39, 0.29) is 11.5 Å². The van der Waals surface area contributed by atoms with Crippen LogP contribution in [0.4, 0.5) is 13.2 Å². The van der Waals surface area contributed by atoms with Gasteiger partial charge in [-0.25, -0.2) is 0 Å². The highest BCUT2D eigenvalue weighted by molar-refractivity contribution is 5.45. The number of halogens is 3. The third-order valence-electron chi connectivity index (χ3n) is 2.60. The molecule has 0 saturated carbocycles. The largest absolute Gasteiger partial charge is 0.416 e. The molecule has 0 spiro atoms. The normalized spacial score (nSPS) is 13.2. The maximum absolute atomic E-state index is 12.7. The summed E-state index contributed by atoms with van der Waals surface area (Å²) in [4.78, 5) is 10.1. The van der Waals surface area contributed by atoms with E-state index in [1.54, 1.807) is 13.0 Å². The molecule has 1 aromatic rings. The van der Waals surface area contributed by atoms with Gasteiger partial charge in [-0.1, -0.05) is 25.1 Å². The Labute approximate surface area is 97.8 Å². The second-order valence-corrected chi connectivity index (χ2v) is 3.85. The van der Waals surface area contributed by atoms with Crippen LogP contribution < -0.4 is 5.32 Å². The predicted molar refractivity (Wildman–Crippen MR) is 58.5 cm³/mol. The molecular weight excluding hydrogens is 231 g/mol. The second-order valence-electron chi connectivity index (χ2n) is 3.85. The Balaban J connectivity index is 2.85. The van der Waals surface area contributed by atoms with Gasteiger partial charge in [-0.15, -0.1) is 0 Å². The van der Waals surface area contributed by atoms with Crippen molar-refractivity contribution >= 4 is 6.41 Å². The summed E-state index contributed by atoms with van der Waals surface area (Å²) in [5, 5.41) is 2.45. The minimum absolute atomic E-state index is 0.250. The van der Waals surface area contributed by atoms with E-state index >= 15 is 0 Å². The number of amides is 1. The topological polar surface area (TPSA) is 29.1 Å². The average molecular weight is 245 g/mol. The van der Waals surface area contributed by atoms with E-state index in [1.165, 1.54) is 12.1 Å². The second kappa shape index (κ2) is 5.70. The number of alkyl halides is 3. The summed E-state index contributed by atoms with van der Waals surface area (Å²) in [7, 11) is 0. The number of hydrogen-bond acceptors (Lipinski definition) is 1. The van der Waals surface area contributed by atoms with Crippen LogP contribution in [-0.2, 0) is 11.0 Å². The van der Waals surface area contributed by atoms with Crippen molar-refractivity contribution in [1.29, 1.82) is 0 Å². The van der Waals surface area contributed by atoms with Crippen LogP contribution in [0.3, 0.4) is 0 Å². The van der Waals surface area contributed by atoms with Crippen molar-refractivity contribution in [3.05, 3.63) is 35.4 Å². The molecule has 0 aliphatic heterocycles. The van der Waals surface area contributed by atoms with Crippen LogP contribution >= 0.6 is 0 Å². The number of benzene rings is 1. The molecule has 0 heterocycles. The first-order valence-electron chi connectivity index (χ1n) is 5.30. The van der Waals surface area contributed by atoms with Gasteiger partial charge in [0.1, 0.15) is 0 Å². The van der Waals surface area contributed by atoms with E-state index in [0.29, 0.717) is 19.4 Å². The van der Waals surface area contributed by atoms with E-state index < -0.39 is 11.7 Å². The zero-order valence-electron chi connectivity index (χ0n) is 9.42. The van der Waals surface area contributed by atoms with E-state index in [1.807, 2.05) is 0 Å². The summed E-state index contributed by atoms with van der Waals surface area (Å²) in [6.45, 7) is 2.09. The molecule has 17 heavy (non-hydrogen) atoms. The number of rotatable bonds is 5. The average Bonchev–Trinajstić information content (AvgIpc) is 2.28. The molecule has 0 radical (unpaired) electrons. The van der Waals surface area contributed by atoms with Crippen molar-refractivity contribution in [3.8, 4) is 0 Å². The van der Waals surface area contributed by atoms with Gasteiger partial charge in [-0.3, -0.25) is 4.79 Å². The molecular formula is C12H14F3NO. The molecule has 1 aromatic carbocycles. The molecule has 94 valence electrons. The Morgan fingerprint density at radius 1 is 1.35 bits per heavy atom. The predicted octanol–water partition coefficient (Wildman–Crippen LogP) is 2.95. The lowest BCUT2D eigenvalue weighted by Gasteiger charge is -2.18. The maximum Gasteiger partial charge on any atom is 0.416 e. The van der Waals surface area contributed by atoms with Gasteiger partial charge in [0.2, 0.25) is 6.41 Å². The zero-order valence-corrected chi connectivity index (χ0v) is 9.42. The quantitative estimate of drug-likeness (QED) is 0.627. The van der Waals surface area contributed by atoms with Crippen molar-refractivity contribution in [1.82, 2.24) is 5.32 Å². The Hall–Kier alpha value is -1.52. The fourth-order valence-electron chi connectivity index (χ4n) is 1.70. The summed E-state index contributed by atoms with van der Waals surface area (Å²) in [5.41, 5.74) is -0.327. The maximum atomic E-state index is 12.7. The summed E-state index contributed by atoms with van der Waals surface area (Å²) < 4.78 is 38.2. The Morgan fingerprint density at radius 2 is 2.00 bits per heavy atom. The molecule has 2 nitrogen and oxygen atoms in total. The van der Waals surface area contributed by atoms with Gasteiger partial charge < -0.3 is 5.32 Å². The molecule has 0 unspecified atom stereocenters. The number of carbonyl (C=O) groups is 1. The highest BCUT2D eigenvalue weighted by Gasteiger charge is 2.33. The summed E-state index contributed by atoms with van der Waals surface area (Å²) >= 11 is 0. The van der Waals surface area contributed by atoms with Crippen molar-refractivity contribution in [2.24, 2.45) is 0 Å². The van der Waals surface area contributed by atoms with Crippen molar-refractivity contribution in [3.63, 3.8) is 0 Å². The van der Waals surface area contributed by atoms with Crippen molar-refractivity contribution in [2.75, 3.05) is 6.54 Å². The van der Waals surface area contributed by atoms with Crippen LogP contribution in [0.2, 0.25) is 0 Å². The molecule has 0 aromatic heterocycles. The minimum Gasteiger partial charge on any atom is -0.359 e. The monoisotopic (exact) mass is 245 g/mol. The highest BCUT2D eigenvalue weighted by Crippen LogP contribution is 2.35. The van der Waals surface area contributed by atoms with E-state index in [9.17, 15) is 18.0 Å². The van der Waals surface area contributed by atoms with Crippen LogP contribution in [0, 0.1) is 0 Å². The van der Waals surface area contributed by atoms with Crippen LogP contribution in [-0.4, -0.2) is 13.0 Å². The van der Waals surface area contributed by atoms with Gasteiger partial charge in [0.25, 0.3) is 0 Å². The third kappa shape index (κ3) is 3.76. The molecule has 0 aliphatic rings. The fourth-order valence-corrected chi connectivity index (χ4v) is 1.70. The van der Waals surface area contributed by atoms with E-state index in [2.05, 4.69) is 5.32 Å². The third-order valence-corrected chi connectivity index (χ3v) is 2.60. The lowest BCUT2D eigenvalue weighted by molar-refractivity contribution is -0.138. The van der Waals surface area contributed by atoms with Gasteiger partial charge in [0, 0.05) is 6.54 Å². The number of nitrogens with one attached hydrogen (secondary N) is 1. The highest BCUT2D eigenvalue weighted by atomic mass is 19.4. The fraction of sp³-hybridized carbons (Fsp3) is 0.417. The zero-order chi connectivity index (χ0) is 12.9. The molecule has 0 aliphatic carbocycles. The molecule has 1 N–H and O–H groups in total. The van der Waals surface area contributed by atoms with Crippen LogP contribution in [0.5, 0.6) is 0 Å². The number of carbonyl (C=O) groups excluding carboxylic acids is 1. The van der Waals surface area contributed by atoms with Crippen LogP contribution in [0.15, 0.2) is 24.3 Å². The Morgan fingerprint density at radius 3 is 2.59 bits per heavy atom. The summed E-state index contributed by atoms with van der Waals surface area (Å²) in [6, 6.07) is 5.53. The summed E-state index contributed by atoms with van der Waals surface area (Å²) in [5.74, 6) is -0.250. The van der Waals surface area contributed by atoms with Crippen molar-refractivity contribution in [2.45, 2.75) is 25.4 Å². The van der Waals surface area contributed by atoms with Gasteiger partial charge in [0.05, 0.1) is 5.56 Å². The molecule has 1 atom stereocenters. The molecule has 0 fully saturated rings. The first-order valence-corrected chi connectivity index (χ1v) is 5.30. The first-order chi connectivity index (χ1) is 7.96. The molecule has 0 bridgehead atoms. The van der Waals surface area contributed by atoms with E-state index in [0.717, 1.165) is 6.07 Å². The van der Waals surface area contributed by atoms with Crippen molar-refractivity contribution < 1.29 is 18.0 Å². The lowest BCUT2D eigenvalue weighted by Crippen LogP contribution is -2.16. The van der Waals surface area contributed by atoms with Gasteiger partial charge in [-0.2, -0.15) is 13.2 Å². The lowest BCUT2D eigenvalue weighted by atomic mass is 9.93. The van der Waals surface area contributed by atoms with Gasteiger partial charge in [0.15, 0.2) is 0 Å². The van der Waals surface area contributed by atoms with Crippen LogP contribution in [0.1, 0.15) is 30.4 Å². The molecule has 1 amide bonds.